The molecule has 0 atom stereocenters. The molecule has 1 saturated carbocycles. The molecule has 0 spiro atoms. The summed E-state index contributed by atoms with van der Waals surface area (Å²) in [6, 6.07) is 14.1. The van der Waals surface area contributed by atoms with Gasteiger partial charge >= 0.3 is 0 Å². The Hall–Kier alpha value is -2.42. The predicted molar refractivity (Wildman–Crippen MR) is 136 cm³/mol. The van der Waals surface area contributed by atoms with Crippen LogP contribution in [0.4, 0.5) is 5.69 Å². The number of ether oxygens (including phenoxy) is 1. The summed E-state index contributed by atoms with van der Waals surface area (Å²) in [5.74, 6) is -0.223. The molecule has 2 aliphatic heterocycles. The van der Waals surface area contributed by atoms with Gasteiger partial charge in [-0.25, -0.2) is 8.42 Å². The number of hydrogen-bond donors (Lipinski definition) is 1. The van der Waals surface area contributed by atoms with Crippen LogP contribution in [0, 0.1) is 0 Å². The molecule has 2 fully saturated rings. The number of anilines is 1. The van der Waals surface area contributed by atoms with Crippen molar-refractivity contribution in [1.82, 2.24) is 10.2 Å². The van der Waals surface area contributed by atoms with Crippen molar-refractivity contribution in [3.05, 3.63) is 59.7 Å². The number of amides is 1. The van der Waals surface area contributed by atoms with Crippen LogP contribution in [-0.4, -0.2) is 64.2 Å². The predicted octanol–water partition coefficient (Wildman–Crippen LogP) is 3.59. The molecule has 188 valence electrons. The lowest BCUT2D eigenvalue weighted by Crippen LogP contribution is -2.59. The Morgan fingerprint density at radius 1 is 0.943 bits per heavy atom. The van der Waals surface area contributed by atoms with Crippen molar-refractivity contribution in [1.29, 1.82) is 0 Å². The topological polar surface area (TPSA) is 79.0 Å². The van der Waals surface area contributed by atoms with Gasteiger partial charge in [0.05, 0.1) is 23.8 Å². The fraction of sp³-hybridized carbons (Fsp3) is 0.519. The summed E-state index contributed by atoms with van der Waals surface area (Å²) in [5.41, 5.74) is 2.11. The Labute approximate surface area is 208 Å². The average Bonchev–Trinajstić information content (AvgIpc) is 2.92. The van der Waals surface area contributed by atoms with Gasteiger partial charge in [0, 0.05) is 37.3 Å². The van der Waals surface area contributed by atoms with Crippen molar-refractivity contribution >= 4 is 21.6 Å². The van der Waals surface area contributed by atoms with Gasteiger partial charge in [-0.15, -0.1) is 0 Å². The maximum atomic E-state index is 13.6. The minimum atomic E-state index is -3.76. The zero-order chi connectivity index (χ0) is 24.3. The summed E-state index contributed by atoms with van der Waals surface area (Å²) in [7, 11) is -3.76. The first-order valence-corrected chi connectivity index (χ1v) is 14.3. The number of hydrogen-bond acceptors (Lipinski definition) is 5. The molecule has 5 rings (SSSR count). The minimum Gasteiger partial charge on any atom is -0.379 e. The van der Waals surface area contributed by atoms with Gasteiger partial charge in [-0.2, -0.15) is 0 Å². The molecule has 2 aromatic carbocycles. The number of nitrogens with zero attached hydrogens (tertiary/aromatic N) is 2. The van der Waals surface area contributed by atoms with E-state index >= 15 is 0 Å². The average molecular weight is 498 g/mol. The second-order valence-corrected chi connectivity index (χ2v) is 11.8. The number of para-hydroxylation sites is 1. The SMILES string of the molecule is O=C(NCC1(N2CCOCC2)CCCCC1)c1cccc(S(=O)(=O)N2CCCc3ccccc32)c1. The number of nitrogens with one attached hydrogen (secondary N) is 1. The van der Waals surface area contributed by atoms with E-state index in [1.54, 1.807) is 18.2 Å². The Morgan fingerprint density at radius 2 is 1.71 bits per heavy atom. The van der Waals surface area contributed by atoms with Crippen molar-refractivity contribution in [2.24, 2.45) is 0 Å². The number of carbonyl (C=O) groups excluding carboxylic acids is 1. The summed E-state index contributed by atoms with van der Waals surface area (Å²) >= 11 is 0. The molecule has 2 aromatic rings. The number of benzene rings is 2. The fourth-order valence-electron chi connectivity index (χ4n) is 5.87. The summed E-state index contributed by atoms with van der Waals surface area (Å²) in [4.78, 5) is 15.8. The van der Waals surface area contributed by atoms with E-state index in [0.29, 0.717) is 18.7 Å². The Balaban J connectivity index is 1.34. The number of carbonyl (C=O) groups is 1. The highest BCUT2D eigenvalue weighted by molar-refractivity contribution is 7.92. The summed E-state index contributed by atoms with van der Waals surface area (Å²) in [6.07, 6.45) is 7.35. The van der Waals surface area contributed by atoms with Crippen LogP contribution < -0.4 is 9.62 Å². The normalized spacial score (nSPS) is 20.7. The van der Waals surface area contributed by atoms with E-state index < -0.39 is 10.0 Å². The molecule has 7 nitrogen and oxygen atoms in total. The molecular formula is C27H35N3O4S. The Morgan fingerprint density at radius 3 is 2.51 bits per heavy atom. The van der Waals surface area contributed by atoms with E-state index in [2.05, 4.69) is 10.2 Å². The molecule has 0 radical (unpaired) electrons. The lowest BCUT2D eigenvalue weighted by Gasteiger charge is -2.48. The first-order chi connectivity index (χ1) is 17.0. The third kappa shape index (κ3) is 4.97. The van der Waals surface area contributed by atoms with Crippen LogP contribution in [0.5, 0.6) is 0 Å². The third-order valence-corrected chi connectivity index (χ3v) is 9.61. The van der Waals surface area contributed by atoms with E-state index in [0.717, 1.165) is 76.1 Å². The van der Waals surface area contributed by atoms with Gasteiger partial charge in [-0.1, -0.05) is 43.5 Å². The lowest BCUT2D eigenvalue weighted by atomic mass is 9.79. The highest BCUT2D eigenvalue weighted by Crippen LogP contribution is 2.34. The second-order valence-electron chi connectivity index (χ2n) is 9.90. The van der Waals surface area contributed by atoms with Gasteiger partial charge in [-0.05, 0) is 55.5 Å². The molecule has 1 N–H and O–H groups in total. The van der Waals surface area contributed by atoms with Crippen molar-refractivity contribution in [2.75, 3.05) is 43.7 Å². The van der Waals surface area contributed by atoms with E-state index in [1.165, 1.54) is 16.8 Å². The molecule has 1 aliphatic carbocycles. The molecule has 0 bridgehead atoms. The largest absolute Gasteiger partial charge is 0.379 e. The zero-order valence-corrected chi connectivity index (χ0v) is 21.1. The number of rotatable bonds is 6. The van der Waals surface area contributed by atoms with Crippen LogP contribution in [0.15, 0.2) is 53.4 Å². The van der Waals surface area contributed by atoms with E-state index in [-0.39, 0.29) is 16.3 Å². The number of morpholine rings is 1. The summed E-state index contributed by atoms with van der Waals surface area (Å²) < 4.78 is 34.2. The van der Waals surface area contributed by atoms with Gasteiger partial charge in [0.25, 0.3) is 15.9 Å². The fourth-order valence-corrected chi connectivity index (χ4v) is 7.46. The van der Waals surface area contributed by atoms with Gasteiger partial charge in [0.15, 0.2) is 0 Å². The van der Waals surface area contributed by atoms with Crippen molar-refractivity contribution < 1.29 is 17.9 Å². The Bertz CT molecular complexity index is 1150. The highest BCUT2D eigenvalue weighted by Gasteiger charge is 2.39. The summed E-state index contributed by atoms with van der Waals surface area (Å²) in [6.45, 7) is 4.26. The lowest BCUT2D eigenvalue weighted by molar-refractivity contribution is -0.0361. The van der Waals surface area contributed by atoms with Gasteiger partial charge in [0.1, 0.15) is 0 Å². The monoisotopic (exact) mass is 497 g/mol. The van der Waals surface area contributed by atoms with Crippen molar-refractivity contribution in [3.8, 4) is 0 Å². The molecule has 1 amide bonds. The summed E-state index contributed by atoms with van der Waals surface area (Å²) in [5, 5.41) is 3.15. The molecule has 0 unspecified atom stereocenters. The third-order valence-electron chi connectivity index (χ3n) is 7.80. The van der Waals surface area contributed by atoms with Gasteiger partial charge in [0.2, 0.25) is 0 Å². The van der Waals surface area contributed by atoms with Crippen molar-refractivity contribution in [2.45, 2.75) is 55.4 Å². The van der Waals surface area contributed by atoms with Crippen LogP contribution in [0.3, 0.4) is 0 Å². The molecule has 1 saturated heterocycles. The molecule has 8 heteroatoms. The first-order valence-electron chi connectivity index (χ1n) is 12.8. The number of fused-ring (bicyclic) bond motifs is 1. The second kappa shape index (κ2) is 10.3. The van der Waals surface area contributed by atoms with Crippen LogP contribution in [0.25, 0.3) is 0 Å². The standard InChI is InChI=1S/C27H35N3O4S/c31-26(28-21-27(13-4-1-5-14-27)29-16-18-34-19-17-29)23-9-6-11-24(20-23)35(32,33)30-15-7-10-22-8-2-3-12-25(22)30/h2-3,6,8-9,11-12,20H,1,4-5,7,10,13-19,21H2,(H,28,31). The van der Waals surface area contributed by atoms with Crippen LogP contribution in [0.2, 0.25) is 0 Å². The van der Waals surface area contributed by atoms with Gasteiger partial charge in [-0.3, -0.25) is 14.0 Å². The first kappa shape index (κ1) is 24.3. The van der Waals surface area contributed by atoms with E-state index in [1.807, 2.05) is 24.3 Å². The number of aryl methyl sites for hydroxylation is 1. The van der Waals surface area contributed by atoms with Gasteiger partial charge < -0.3 is 10.1 Å². The highest BCUT2D eigenvalue weighted by atomic mass is 32.2. The maximum Gasteiger partial charge on any atom is 0.264 e. The smallest absolute Gasteiger partial charge is 0.264 e. The molecule has 2 heterocycles. The van der Waals surface area contributed by atoms with Crippen LogP contribution in [-0.2, 0) is 21.2 Å². The van der Waals surface area contributed by atoms with Crippen LogP contribution >= 0.6 is 0 Å². The number of sulfonamides is 1. The maximum absolute atomic E-state index is 13.6. The quantitative estimate of drug-likeness (QED) is 0.660. The molecular weight excluding hydrogens is 462 g/mol. The zero-order valence-electron chi connectivity index (χ0n) is 20.2. The molecule has 0 aromatic heterocycles. The van der Waals surface area contributed by atoms with Crippen LogP contribution in [0.1, 0.15) is 54.4 Å². The molecule has 3 aliphatic rings. The Kier molecular flexibility index (Phi) is 7.14. The molecule has 35 heavy (non-hydrogen) atoms. The van der Waals surface area contributed by atoms with E-state index in [9.17, 15) is 13.2 Å². The van der Waals surface area contributed by atoms with Crippen molar-refractivity contribution in [3.63, 3.8) is 0 Å². The minimum absolute atomic E-state index is 0.0428. The van der Waals surface area contributed by atoms with E-state index in [4.69, 9.17) is 4.74 Å².